The molecule has 8 rings (SSSR count). The van der Waals surface area contributed by atoms with Gasteiger partial charge in [0, 0.05) is 52.7 Å². The number of carbonyl (C=O) groups is 3. The van der Waals surface area contributed by atoms with Crippen molar-refractivity contribution in [2.75, 3.05) is 38.9 Å². The van der Waals surface area contributed by atoms with Crippen LogP contribution >= 0.6 is 11.6 Å². The Morgan fingerprint density at radius 3 is 2.43 bits per heavy atom. The van der Waals surface area contributed by atoms with Gasteiger partial charge in [0.05, 0.1) is 33.9 Å². The van der Waals surface area contributed by atoms with Gasteiger partial charge < -0.3 is 24.3 Å². The van der Waals surface area contributed by atoms with Gasteiger partial charge in [0.1, 0.15) is 17.0 Å². The number of nitrogens with one attached hydrogen (secondary N) is 1. The van der Waals surface area contributed by atoms with E-state index in [-0.39, 0.29) is 66.6 Å². The highest BCUT2D eigenvalue weighted by atomic mass is 35.5. The summed E-state index contributed by atoms with van der Waals surface area (Å²) in [7, 11) is 2.64. The van der Waals surface area contributed by atoms with E-state index in [2.05, 4.69) is 40.2 Å². The number of halogens is 4. The van der Waals surface area contributed by atoms with Gasteiger partial charge in [-0.05, 0) is 146 Å². The summed E-state index contributed by atoms with van der Waals surface area (Å²) in [6, 6.07) is 21.4. The summed E-state index contributed by atoms with van der Waals surface area (Å²) >= 11 is 6.29. The van der Waals surface area contributed by atoms with Crippen LogP contribution in [0.15, 0.2) is 91.4 Å². The van der Waals surface area contributed by atoms with E-state index in [1.165, 1.54) is 36.9 Å². The molecule has 2 amide bonds. The first kappa shape index (κ1) is 50.2. The molecule has 0 saturated heterocycles. The summed E-state index contributed by atoms with van der Waals surface area (Å²) in [4.78, 5) is 54.1. The van der Waals surface area contributed by atoms with E-state index in [4.69, 9.17) is 30.5 Å². The number of methoxy groups -OCH3 is 2. The van der Waals surface area contributed by atoms with Gasteiger partial charge in [-0.2, -0.15) is 13.2 Å². The van der Waals surface area contributed by atoms with Gasteiger partial charge in [0.2, 0.25) is 5.91 Å². The van der Waals surface area contributed by atoms with Gasteiger partial charge in [-0.1, -0.05) is 61.8 Å². The molecule has 5 aromatic rings. The summed E-state index contributed by atoms with van der Waals surface area (Å²) in [6.07, 6.45) is 5.49. The van der Waals surface area contributed by atoms with Crippen molar-refractivity contribution in [2.24, 2.45) is 11.8 Å². The lowest BCUT2D eigenvalue weighted by Gasteiger charge is -2.51. The molecule has 0 aliphatic heterocycles. The fourth-order valence-corrected chi connectivity index (χ4v) is 11.3. The molecule has 3 aromatic carbocycles. The molecule has 0 radical (unpaired) electrons. The number of hydrogen-bond donors (Lipinski definition) is 1. The number of alkyl halides is 3. The number of esters is 1. The Hall–Kier alpha value is -6.22. The first-order valence-corrected chi connectivity index (χ1v) is 24.4. The number of amides is 2. The molecule has 1 fully saturated rings. The maximum absolute atomic E-state index is 14.6. The summed E-state index contributed by atoms with van der Waals surface area (Å²) in [6.45, 7) is 5.52. The second-order valence-corrected chi connectivity index (χ2v) is 19.5. The van der Waals surface area contributed by atoms with Crippen LogP contribution in [0.2, 0.25) is 5.02 Å². The Morgan fingerprint density at radius 1 is 0.929 bits per heavy atom. The van der Waals surface area contributed by atoms with E-state index in [0.717, 1.165) is 72.1 Å². The van der Waals surface area contributed by atoms with Crippen LogP contribution in [0.3, 0.4) is 0 Å². The first-order valence-electron chi connectivity index (χ1n) is 24.0. The number of ether oxygens (including phenoxy) is 4. The van der Waals surface area contributed by atoms with Gasteiger partial charge >= 0.3 is 24.1 Å². The van der Waals surface area contributed by atoms with Crippen LogP contribution in [0.25, 0.3) is 11.1 Å². The molecule has 70 heavy (non-hydrogen) atoms. The predicted molar refractivity (Wildman–Crippen MR) is 259 cm³/mol. The van der Waals surface area contributed by atoms with Crippen molar-refractivity contribution in [2.45, 2.75) is 108 Å². The molecule has 1 spiro atoms. The molecule has 1 saturated carbocycles. The third kappa shape index (κ3) is 10.7. The van der Waals surface area contributed by atoms with E-state index in [0.29, 0.717) is 49.2 Å². The quantitative estimate of drug-likeness (QED) is 0.0707. The number of fused-ring (bicyclic) bond motifs is 3. The SMILES string of the molecule is COC(=O)C1(N(C(=O)C(F)(F)F)c2cccc(Cl)c2)CCC2(CC1)c1cc(OCCCNC(=O)Cc3cccc(-c4cnc(OC)nc4)c3)ccc1C[C@@H]2C[C@@H](C)COc1ccnc2c1[C@H](C)CCC2. The Morgan fingerprint density at radius 2 is 1.70 bits per heavy atom. The van der Waals surface area contributed by atoms with Gasteiger partial charge in [-0.25, -0.2) is 14.8 Å². The molecule has 3 aliphatic carbocycles. The minimum atomic E-state index is -5.29. The summed E-state index contributed by atoms with van der Waals surface area (Å²) < 4.78 is 66.9. The van der Waals surface area contributed by atoms with Gasteiger partial charge in [-0.3, -0.25) is 19.5 Å². The van der Waals surface area contributed by atoms with Crippen molar-refractivity contribution in [3.8, 4) is 28.6 Å². The third-order valence-corrected chi connectivity index (χ3v) is 14.7. The molecule has 3 atom stereocenters. The molecule has 2 heterocycles. The smallest absolute Gasteiger partial charge is 0.471 e. The monoisotopic (exact) mass is 981 g/mol. The highest BCUT2D eigenvalue weighted by Crippen LogP contribution is 2.58. The van der Waals surface area contributed by atoms with Crippen molar-refractivity contribution >= 4 is 35.1 Å². The molecular formula is C54H59ClF3N5O7. The lowest BCUT2D eigenvalue weighted by molar-refractivity contribution is -0.174. The lowest BCUT2D eigenvalue weighted by atomic mass is 9.59. The Labute approximate surface area is 411 Å². The molecular weight excluding hydrogens is 923 g/mol. The number of carbonyl (C=O) groups excluding carboxylic acids is 3. The number of anilines is 1. The van der Waals surface area contributed by atoms with Gasteiger partial charge in [-0.15, -0.1) is 0 Å². The molecule has 1 N–H and O–H groups in total. The average molecular weight is 983 g/mol. The van der Waals surface area contributed by atoms with E-state index in [9.17, 15) is 27.6 Å². The largest absolute Gasteiger partial charge is 0.494 e. The molecule has 16 heteroatoms. The Balaban J connectivity index is 0.989. The van der Waals surface area contributed by atoms with Crippen LogP contribution in [-0.2, 0) is 43.8 Å². The highest BCUT2D eigenvalue weighted by molar-refractivity contribution is 6.31. The minimum Gasteiger partial charge on any atom is -0.494 e. The molecule has 370 valence electrons. The van der Waals surface area contributed by atoms with Crippen molar-refractivity contribution in [3.05, 3.63) is 124 Å². The number of benzene rings is 3. The maximum Gasteiger partial charge on any atom is 0.471 e. The van der Waals surface area contributed by atoms with Crippen LogP contribution in [0.4, 0.5) is 18.9 Å². The van der Waals surface area contributed by atoms with Crippen LogP contribution in [0.1, 0.15) is 99.1 Å². The van der Waals surface area contributed by atoms with Gasteiger partial charge in [0.25, 0.3) is 0 Å². The summed E-state index contributed by atoms with van der Waals surface area (Å²) in [5.41, 5.74) is 4.21. The highest BCUT2D eigenvalue weighted by Gasteiger charge is 2.60. The Kier molecular flexibility index (Phi) is 15.4. The van der Waals surface area contributed by atoms with Crippen molar-refractivity contribution in [1.29, 1.82) is 0 Å². The van der Waals surface area contributed by atoms with Crippen molar-refractivity contribution < 1.29 is 46.5 Å². The minimum absolute atomic E-state index is 0.0238. The summed E-state index contributed by atoms with van der Waals surface area (Å²) in [5, 5.41) is 3.10. The number of aromatic nitrogens is 3. The number of pyridine rings is 1. The fraction of sp³-hybridized carbons (Fsp3) is 0.444. The summed E-state index contributed by atoms with van der Waals surface area (Å²) in [5.74, 6) is -1.29. The molecule has 12 nitrogen and oxygen atoms in total. The zero-order valence-electron chi connectivity index (χ0n) is 40.0. The molecule has 0 unspecified atom stereocenters. The second kappa shape index (κ2) is 21.4. The zero-order valence-corrected chi connectivity index (χ0v) is 40.7. The van der Waals surface area contributed by atoms with E-state index >= 15 is 0 Å². The van der Waals surface area contributed by atoms with Crippen LogP contribution in [0, 0.1) is 11.8 Å². The molecule has 2 aromatic heterocycles. The number of rotatable bonds is 17. The number of nitrogens with zero attached hydrogens (tertiary/aromatic N) is 4. The van der Waals surface area contributed by atoms with E-state index < -0.39 is 29.0 Å². The van der Waals surface area contributed by atoms with E-state index in [1.807, 2.05) is 48.7 Å². The number of aryl methyl sites for hydroxylation is 1. The third-order valence-electron chi connectivity index (χ3n) is 14.5. The topological polar surface area (TPSA) is 142 Å². The molecule has 3 aliphatic rings. The van der Waals surface area contributed by atoms with Crippen molar-refractivity contribution in [3.63, 3.8) is 0 Å². The standard InChI is InChI=1S/C54H59ClF3N5O7/c1-34(33-70-46-17-23-59-45-14-5-9-35(2)48(45)46)25-40-28-38-15-16-43(69-24-8-22-60-47(64)27-36-10-6-11-37(26-36)39-31-61-51(68-4)62-32-39)30-44(38)52(40)18-20-53(21-19-52,50(66)67-3)63(49(65)54(56,57)58)42-13-7-12-41(55)29-42/h6-7,10-13,15-17,23,26,29-32,34-35,40H,5,8-9,14,18-22,24-25,27-28,33H2,1-4H3,(H,60,64)/t34-,35-,40+,52?,53?/m1/s1. The maximum atomic E-state index is 14.6. The lowest BCUT2D eigenvalue weighted by Crippen LogP contribution is -2.63. The molecule has 0 bridgehead atoms. The Bertz CT molecular complexity index is 2680. The van der Waals surface area contributed by atoms with Crippen LogP contribution in [0.5, 0.6) is 17.5 Å². The second-order valence-electron chi connectivity index (χ2n) is 19.0. The van der Waals surface area contributed by atoms with Crippen molar-refractivity contribution in [1.82, 2.24) is 20.3 Å². The van der Waals surface area contributed by atoms with Gasteiger partial charge in [0.15, 0.2) is 0 Å². The average Bonchev–Trinajstić information content (AvgIpc) is 3.64. The normalized spacial score (nSPS) is 21.0. The van der Waals surface area contributed by atoms with E-state index in [1.54, 1.807) is 12.4 Å². The van der Waals surface area contributed by atoms with Crippen LogP contribution in [-0.4, -0.2) is 78.4 Å². The predicted octanol–water partition coefficient (Wildman–Crippen LogP) is 10.4. The first-order chi connectivity index (χ1) is 33.6. The number of hydrogen-bond acceptors (Lipinski definition) is 10. The fourth-order valence-electron chi connectivity index (χ4n) is 11.1. The van der Waals surface area contributed by atoms with Crippen LogP contribution < -0.4 is 24.4 Å². The zero-order chi connectivity index (χ0) is 49.6.